The molecule has 0 aliphatic carbocycles. The molecule has 0 aliphatic rings. The van der Waals surface area contributed by atoms with Crippen LogP contribution in [-0.2, 0) is 13.0 Å². The fourth-order valence-electron chi connectivity index (χ4n) is 3.45. The van der Waals surface area contributed by atoms with Crippen LogP contribution in [0.3, 0.4) is 0 Å². The molecule has 0 amide bonds. The van der Waals surface area contributed by atoms with Gasteiger partial charge in [-0.15, -0.1) is 0 Å². The molecule has 0 atom stereocenters. The monoisotopic (exact) mass is 331 g/mol. The molecule has 0 spiro atoms. The molecule has 4 rings (SSSR count). The summed E-state index contributed by atoms with van der Waals surface area (Å²) in [6.07, 6.45) is 2.90. The van der Waals surface area contributed by atoms with Gasteiger partial charge in [0.05, 0.1) is 10.9 Å². The summed E-state index contributed by atoms with van der Waals surface area (Å²) in [5, 5.41) is 1.65. The molecule has 126 valence electrons. The molecule has 0 unspecified atom stereocenters. The number of aryl methyl sites for hydroxylation is 1. The second-order valence-corrected chi connectivity index (χ2v) is 6.45. The molecule has 25 heavy (non-hydrogen) atoms. The second kappa shape index (κ2) is 6.60. The van der Waals surface area contributed by atoms with Gasteiger partial charge in [-0.1, -0.05) is 61.9 Å². The number of rotatable bonds is 5. The fourth-order valence-corrected chi connectivity index (χ4v) is 3.45. The number of nitrogens with zero attached hydrogens (tertiary/aromatic N) is 1. The van der Waals surface area contributed by atoms with E-state index in [9.17, 15) is 4.79 Å². The Kier molecular flexibility index (Phi) is 4.14. The van der Waals surface area contributed by atoms with Crippen LogP contribution in [0.1, 0.15) is 31.1 Å². The number of hydrogen-bond donors (Lipinski definition) is 0. The highest BCUT2D eigenvalue weighted by atomic mass is 16.4. The van der Waals surface area contributed by atoms with Crippen LogP contribution in [0.4, 0.5) is 0 Å². The lowest BCUT2D eigenvalue weighted by molar-refractivity contribution is 0.460. The summed E-state index contributed by atoms with van der Waals surface area (Å²) in [5.74, 6) is 0.775. The molecule has 0 saturated heterocycles. The minimum absolute atomic E-state index is 0.230. The summed E-state index contributed by atoms with van der Waals surface area (Å²) in [4.78, 5) is 12.7. The van der Waals surface area contributed by atoms with Crippen LogP contribution < -0.4 is 5.63 Å². The van der Waals surface area contributed by atoms with Crippen LogP contribution in [0.15, 0.2) is 69.9 Å². The molecule has 3 nitrogen and oxygen atoms in total. The van der Waals surface area contributed by atoms with Crippen molar-refractivity contribution in [2.24, 2.45) is 0 Å². The zero-order valence-corrected chi connectivity index (χ0v) is 14.4. The Morgan fingerprint density at radius 3 is 2.52 bits per heavy atom. The minimum Gasteiger partial charge on any atom is -0.427 e. The van der Waals surface area contributed by atoms with Gasteiger partial charge in [0.15, 0.2) is 0 Å². The van der Waals surface area contributed by atoms with Crippen molar-refractivity contribution in [1.29, 1.82) is 0 Å². The van der Waals surface area contributed by atoms with E-state index in [0.717, 1.165) is 48.0 Å². The fraction of sp³-hybridized carbons (Fsp3) is 0.227. The predicted octanol–water partition coefficient (Wildman–Crippen LogP) is 5.14. The second-order valence-electron chi connectivity index (χ2n) is 6.45. The van der Waals surface area contributed by atoms with E-state index in [1.165, 1.54) is 5.56 Å². The molecule has 0 N–H and O–H groups in total. The molecular weight excluding hydrogens is 310 g/mol. The van der Waals surface area contributed by atoms with E-state index < -0.39 is 0 Å². The van der Waals surface area contributed by atoms with Gasteiger partial charge in [-0.05, 0) is 18.1 Å². The number of fused-ring (bicyclic) bond motifs is 3. The van der Waals surface area contributed by atoms with Gasteiger partial charge in [0.1, 0.15) is 5.76 Å². The van der Waals surface area contributed by atoms with Crippen LogP contribution in [0.2, 0.25) is 0 Å². The van der Waals surface area contributed by atoms with Gasteiger partial charge in [0.25, 0.3) is 0 Å². The predicted molar refractivity (Wildman–Crippen MR) is 102 cm³/mol. The highest BCUT2D eigenvalue weighted by Crippen LogP contribution is 2.28. The normalized spacial score (nSPS) is 11.4. The number of benzene rings is 2. The lowest BCUT2D eigenvalue weighted by Crippen LogP contribution is -2.04. The van der Waals surface area contributed by atoms with Crippen LogP contribution in [0.5, 0.6) is 0 Å². The van der Waals surface area contributed by atoms with Crippen molar-refractivity contribution in [1.82, 2.24) is 4.57 Å². The van der Waals surface area contributed by atoms with Crippen LogP contribution in [0.25, 0.3) is 21.8 Å². The largest absolute Gasteiger partial charge is 0.427 e. The summed E-state index contributed by atoms with van der Waals surface area (Å²) in [6, 6.07) is 20.5. The van der Waals surface area contributed by atoms with E-state index in [0.29, 0.717) is 5.39 Å². The van der Waals surface area contributed by atoms with Gasteiger partial charge in [-0.2, -0.15) is 0 Å². The van der Waals surface area contributed by atoms with Crippen molar-refractivity contribution in [3.63, 3.8) is 0 Å². The van der Waals surface area contributed by atoms with E-state index in [4.69, 9.17) is 4.42 Å². The molecule has 0 radical (unpaired) electrons. The van der Waals surface area contributed by atoms with Crippen molar-refractivity contribution in [3.05, 3.63) is 82.4 Å². The summed E-state index contributed by atoms with van der Waals surface area (Å²) < 4.78 is 7.82. The van der Waals surface area contributed by atoms with E-state index >= 15 is 0 Å². The zero-order chi connectivity index (χ0) is 17.2. The SMILES string of the molecule is CCCCc1cc2c(c(=O)o1)c1ccccc1n2Cc1ccccc1. The molecular formula is C22H21NO2. The van der Waals surface area contributed by atoms with Crippen LogP contribution in [0, 0.1) is 0 Å². The Balaban J connectivity index is 1.97. The quantitative estimate of drug-likeness (QED) is 0.507. The van der Waals surface area contributed by atoms with Crippen molar-refractivity contribution in [2.45, 2.75) is 32.7 Å². The molecule has 3 heteroatoms. The highest BCUT2D eigenvalue weighted by molar-refractivity contribution is 6.07. The maximum Gasteiger partial charge on any atom is 0.346 e. The third-order valence-corrected chi connectivity index (χ3v) is 4.70. The third-order valence-electron chi connectivity index (χ3n) is 4.70. The minimum atomic E-state index is -0.230. The first-order chi connectivity index (χ1) is 12.3. The maximum atomic E-state index is 12.7. The molecule has 0 bridgehead atoms. The zero-order valence-electron chi connectivity index (χ0n) is 14.4. The van der Waals surface area contributed by atoms with Crippen molar-refractivity contribution in [3.8, 4) is 0 Å². The van der Waals surface area contributed by atoms with Gasteiger partial charge in [0, 0.05) is 29.9 Å². The maximum absolute atomic E-state index is 12.7. The Labute approximate surface area is 146 Å². The summed E-state index contributed by atoms with van der Waals surface area (Å²) in [7, 11) is 0. The Bertz CT molecular complexity index is 1070. The van der Waals surface area contributed by atoms with Crippen LogP contribution in [-0.4, -0.2) is 4.57 Å². The first-order valence-electron chi connectivity index (χ1n) is 8.86. The average Bonchev–Trinajstić information content (AvgIpc) is 2.95. The standard InChI is InChI=1S/C22H21NO2/c1-2-3-11-17-14-20-21(22(24)25-17)18-12-7-8-13-19(18)23(20)15-16-9-5-4-6-10-16/h4-10,12-14H,2-3,11,15H2,1H3. The Morgan fingerprint density at radius 1 is 0.960 bits per heavy atom. The number of para-hydroxylation sites is 1. The molecule has 0 saturated carbocycles. The number of hydrogen-bond acceptors (Lipinski definition) is 2. The Morgan fingerprint density at radius 2 is 1.72 bits per heavy atom. The van der Waals surface area contributed by atoms with Crippen LogP contribution >= 0.6 is 0 Å². The molecule has 2 heterocycles. The van der Waals surface area contributed by atoms with E-state index in [1.807, 2.05) is 36.4 Å². The van der Waals surface area contributed by atoms with Crippen molar-refractivity contribution in [2.75, 3.05) is 0 Å². The molecule has 4 aromatic rings. The third kappa shape index (κ3) is 2.86. The lowest BCUT2D eigenvalue weighted by atomic mass is 10.1. The Hall–Kier alpha value is -2.81. The highest BCUT2D eigenvalue weighted by Gasteiger charge is 2.16. The molecule has 2 aromatic heterocycles. The van der Waals surface area contributed by atoms with E-state index in [2.05, 4.69) is 35.8 Å². The molecule has 2 aromatic carbocycles. The smallest absolute Gasteiger partial charge is 0.346 e. The lowest BCUT2D eigenvalue weighted by Gasteiger charge is -2.08. The van der Waals surface area contributed by atoms with Crippen molar-refractivity contribution >= 4 is 21.8 Å². The summed E-state index contributed by atoms with van der Waals surface area (Å²) in [5.41, 5.74) is 3.02. The average molecular weight is 331 g/mol. The molecule has 0 aliphatic heterocycles. The first-order valence-corrected chi connectivity index (χ1v) is 8.86. The topological polar surface area (TPSA) is 35.1 Å². The number of unbranched alkanes of at least 4 members (excludes halogenated alkanes) is 1. The van der Waals surface area contributed by atoms with Gasteiger partial charge >= 0.3 is 5.63 Å². The summed E-state index contributed by atoms with van der Waals surface area (Å²) in [6.45, 7) is 2.88. The number of aromatic nitrogens is 1. The van der Waals surface area contributed by atoms with Gasteiger partial charge < -0.3 is 8.98 Å². The first kappa shape index (κ1) is 15.7. The van der Waals surface area contributed by atoms with Gasteiger partial charge in [0.2, 0.25) is 0 Å². The van der Waals surface area contributed by atoms with Crippen molar-refractivity contribution < 1.29 is 4.42 Å². The van der Waals surface area contributed by atoms with Gasteiger partial charge in [-0.3, -0.25) is 0 Å². The summed E-state index contributed by atoms with van der Waals surface area (Å²) >= 11 is 0. The molecule has 0 fully saturated rings. The van der Waals surface area contributed by atoms with E-state index in [1.54, 1.807) is 0 Å². The van der Waals surface area contributed by atoms with Gasteiger partial charge in [-0.25, -0.2) is 4.79 Å². The van der Waals surface area contributed by atoms with E-state index in [-0.39, 0.29) is 5.63 Å².